The molecule has 0 spiro atoms. The van der Waals surface area contributed by atoms with Crippen molar-refractivity contribution in [1.82, 2.24) is 0 Å². The molecule has 0 atom stereocenters. The molecule has 0 saturated carbocycles. The second-order valence-corrected chi connectivity index (χ2v) is 3.35. The van der Waals surface area contributed by atoms with E-state index in [0.717, 1.165) is 13.0 Å². The maximum Gasteiger partial charge on any atom is 0.382 e. The molecular formula is C12H10O6. The molecular weight excluding hydrogens is 240 g/mol. The Morgan fingerprint density at radius 1 is 1.17 bits per heavy atom. The molecule has 6 heteroatoms. The summed E-state index contributed by atoms with van der Waals surface area (Å²) in [6.07, 6.45) is 2.18. The van der Waals surface area contributed by atoms with Gasteiger partial charge >= 0.3 is 11.9 Å². The quantitative estimate of drug-likeness (QED) is 0.270. The van der Waals surface area contributed by atoms with E-state index in [4.69, 9.17) is 5.11 Å². The number of ether oxygens (including phenoxy) is 1. The second-order valence-electron chi connectivity index (χ2n) is 3.35. The number of rotatable bonds is 3. The maximum absolute atomic E-state index is 11.1. The van der Waals surface area contributed by atoms with Gasteiger partial charge in [0, 0.05) is 13.0 Å². The van der Waals surface area contributed by atoms with Crippen LogP contribution in [0.4, 0.5) is 0 Å². The average Bonchev–Trinajstić information content (AvgIpc) is 2.30. The van der Waals surface area contributed by atoms with Gasteiger partial charge in [0.25, 0.3) is 0 Å². The first-order chi connectivity index (χ1) is 8.40. The lowest BCUT2D eigenvalue weighted by atomic mass is 10.2. The monoisotopic (exact) mass is 250 g/mol. The number of phenolic OH excluding ortho intramolecular Hbond substituents is 2. The fourth-order valence-corrected chi connectivity index (χ4v) is 1.01. The molecule has 0 fully saturated rings. The highest BCUT2D eigenvalue weighted by Gasteiger charge is 2.12. The van der Waals surface area contributed by atoms with Crippen LogP contribution in [-0.2, 0) is 19.1 Å². The molecule has 1 aromatic carbocycles. The zero-order valence-electron chi connectivity index (χ0n) is 9.41. The topological polar surface area (TPSA) is 101 Å². The van der Waals surface area contributed by atoms with Crippen LogP contribution in [0.15, 0.2) is 24.3 Å². The summed E-state index contributed by atoms with van der Waals surface area (Å²) in [4.78, 5) is 32.4. The van der Waals surface area contributed by atoms with E-state index in [1.807, 2.05) is 0 Å². The predicted molar refractivity (Wildman–Crippen MR) is 60.6 cm³/mol. The highest BCUT2D eigenvalue weighted by atomic mass is 16.6. The summed E-state index contributed by atoms with van der Waals surface area (Å²) < 4.78 is 4.16. The Morgan fingerprint density at radius 3 is 2.39 bits per heavy atom. The van der Waals surface area contributed by atoms with E-state index in [1.165, 1.54) is 24.3 Å². The van der Waals surface area contributed by atoms with Crippen molar-refractivity contribution in [2.45, 2.75) is 6.92 Å². The van der Waals surface area contributed by atoms with Gasteiger partial charge < -0.3 is 14.9 Å². The molecule has 0 aliphatic carbocycles. The van der Waals surface area contributed by atoms with E-state index in [0.29, 0.717) is 5.56 Å². The third kappa shape index (κ3) is 3.75. The van der Waals surface area contributed by atoms with E-state index in [2.05, 4.69) is 4.74 Å². The molecule has 0 unspecified atom stereocenters. The van der Waals surface area contributed by atoms with Crippen molar-refractivity contribution in [2.75, 3.05) is 0 Å². The van der Waals surface area contributed by atoms with Gasteiger partial charge in [0.15, 0.2) is 11.5 Å². The minimum atomic E-state index is -1.24. The lowest BCUT2D eigenvalue weighted by molar-refractivity contribution is -0.161. The van der Waals surface area contributed by atoms with E-state index in [9.17, 15) is 19.5 Å². The number of hydrogen-bond donors (Lipinski definition) is 2. The summed E-state index contributed by atoms with van der Waals surface area (Å²) in [5, 5.41) is 18.2. The molecule has 0 aliphatic heterocycles. The van der Waals surface area contributed by atoms with Gasteiger partial charge in [-0.1, -0.05) is 6.07 Å². The third-order valence-corrected chi connectivity index (χ3v) is 1.89. The van der Waals surface area contributed by atoms with Gasteiger partial charge in [0.2, 0.25) is 5.78 Å². The van der Waals surface area contributed by atoms with Gasteiger partial charge in [0.05, 0.1) is 0 Å². The Bertz CT molecular complexity index is 529. The fourth-order valence-electron chi connectivity index (χ4n) is 1.01. The molecule has 1 rings (SSSR count). The molecule has 6 nitrogen and oxygen atoms in total. The van der Waals surface area contributed by atoms with E-state index in [1.54, 1.807) is 0 Å². The first-order valence-corrected chi connectivity index (χ1v) is 4.87. The number of phenols is 2. The van der Waals surface area contributed by atoms with Crippen molar-refractivity contribution < 1.29 is 29.3 Å². The van der Waals surface area contributed by atoms with Crippen LogP contribution in [0.25, 0.3) is 6.08 Å². The van der Waals surface area contributed by atoms with Crippen molar-refractivity contribution in [3.8, 4) is 11.5 Å². The molecule has 0 heterocycles. The van der Waals surface area contributed by atoms with Crippen LogP contribution >= 0.6 is 0 Å². The number of esters is 2. The SMILES string of the molecule is CC(=O)C(=O)OC(=O)C=Cc1ccc(O)c(O)c1. The van der Waals surface area contributed by atoms with Crippen LogP contribution < -0.4 is 0 Å². The highest BCUT2D eigenvalue weighted by Crippen LogP contribution is 2.25. The largest absolute Gasteiger partial charge is 0.504 e. The number of aromatic hydroxyl groups is 2. The van der Waals surface area contributed by atoms with E-state index in [-0.39, 0.29) is 11.5 Å². The number of benzene rings is 1. The molecule has 0 aromatic heterocycles. The maximum atomic E-state index is 11.1. The summed E-state index contributed by atoms with van der Waals surface area (Å²) >= 11 is 0. The molecule has 18 heavy (non-hydrogen) atoms. The van der Waals surface area contributed by atoms with E-state index < -0.39 is 17.7 Å². The van der Waals surface area contributed by atoms with Crippen molar-refractivity contribution >= 4 is 23.8 Å². The number of Topliss-reactive ketones (excluding diaryl/α,β-unsaturated/α-hetero) is 1. The minimum absolute atomic E-state index is 0.290. The molecule has 0 amide bonds. The summed E-state index contributed by atoms with van der Waals surface area (Å²) in [7, 11) is 0. The third-order valence-electron chi connectivity index (χ3n) is 1.89. The second kappa shape index (κ2) is 5.62. The zero-order valence-corrected chi connectivity index (χ0v) is 9.41. The number of carbonyl (C=O) groups is 3. The van der Waals surface area contributed by atoms with Crippen LogP contribution in [0.1, 0.15) is 12.5 Å². The lowest BCUT2D eigenvalue weighted by Gasteiger charge is -1.98. The predicted octanol–water partition coefficient (Wildman–Crippen LogP) is 0.770. The highest BCUT2D eigenvalue weighted by molar-refractivity contribution is 6.34. The summed E-state index contributed by atoms with van der Waals surface area (Å²) in [6, 6.07) is 3.89. The molecule has 2 N–H and O–H groups in total. The zero-order chi connectivity index (χ0) is 13.7. The smallest absolute Gasteiger partial charge is 0.382 e. The van der Waals surface area contributed by atoms with Gasteiger partial charge in [-0.15, -0.1) is 0 Å². The normalized spacial score (nSPS) is 10.3. The van der Waals surface area contributed by atoms with Crippen LogP contribution in [0.5, 0.6) is 11.5 Å². The Labute approximate surface area is 102 Å². The van der Waals surface area contributed by atoms with Gasteiger partial charge in [-0.25, -0.2) is 9.59 Å². The first-order valence-electron chi connectivity index (χ1n) is 4.87. The number of carbonyl (C=O) groups excluding carboxylic acids is 3. The van der Waals surface area contributed by atoms with Crippen LogP contribution in [0.3, 0.4) is 0 Å². The molecule has 0 saturated heterocycles. The molecule has 0 aliphatic rings. The standard InChI is InChI=1S/C12H10O6/c1-7(13)12(17)18-11(16)5-3-8-2-4-9(14)10(15)6-8/h2-6,14-15H,1H3. The Morgan fingerprint density at radius 2 is 1.83 bits per heavy atom. The molecule has 0 bridgehead atoms. The van der Waals surface area contributed by atoms with Gasteiger partial charge in [-0.05, 0) is 23.8 Å². The fraction of sp³-hybridized carbons (Fsp3) is 0.0833. The molecule has 94 valence electrons. The van der Waals surface area contributed by atoms with Crippen LogP contribution in [-0.4, -0.2) is 27.9 Å². The van der Waals surface area contributed by atoms with Crippen molar-refractivity contribution in [3.05, 3.63) is 29.8 Å². The van der Waals surface area contributed by atoms with Crippen molar-refractivity contribution in [2.24, 2.45) is 0 Å². The van der Waals surface area contributed by atoms with Gasteiger partial charge in [-0.3, -0.25) is 4.79 Å². The Kier molecular flexibility index (Phi) is 4.20. The first kappa shape index (κ1) is 13.4. The van der Waals surface area contributed by atoms with Crippen LogP contribution in [0, 0.1) is 0 Å². The molecule has 1 aromatic rings. The van der Waals surface area contributed by atoms with Gasteiger partial charge in [0.1, 0.15) is 0 Å². The number of hydrogen-bond acceptors (Lipinski definition) is 6. The summed E-state index contributed by atoms with van der Waals surface area (Å²) in [5.41, 5.74) is 0.414. The van der Waals surface area contributed by atoms with E-state index >= 15 is 0 Å². The molecule has 0 radical (unpaired) electrons. The minimum Gasteiger partial charge on any atom is -0.504 e. The lowest BCUT2D eigenvalue weighted by Crippen LogP contribution is -2.17. The average molecular weight is 250 g/mol. The Hall–Kier alpha value is -2.63. The summed E-state index contributed by atoms with van der Waals surface area (Å²) in [6.45, 7) is 0.983. The number of ketones is 1. The van der Waals surface area contributed by atoms with Crippen LogP contribution in [0.2, 0.25) is 0 Å². The van der Waals surface area contributed by atoms with Crippen molar-refractivity contribution in [1.29, 1.82) is 0 Å². The summed E-state index contributed by atoms with van der Waals surface area (Å²) in [5.74, 6) is -3.74. The van der Waals surface area contributed by atoms with Gasteiger partial charge in [-0.2, -0.15) is 0 Å². The van der Waals surface area contributed by atoms with Crippen molar-refractivity contribution in [3.63, 3.8) is 0 Å². The Balaban J connectivity index is 2.69.